The average Bonchev–Trinajstić information content (AvgIpc) is 2.05. The van der Waals surface area contributed by atoms with Crippen molar-refractivity contribution in [3.63, 3.8) is 0 Å². The minimum absolute atomic E-state index is 0.817. The summed E-state index contributed by atoms with van der Waals surface area (Å²) in [4.78, 5) is 2.21. The molecule has 0 aromatic heterocycles. The van der Waals surface area contributed by atoms with Crippen LogP contribution in [0.3, 0.4) is 0 Å². The van der Waals surface area contributed by atoms with Gasteiger partial charge in [-0.3, -0.25) is 5.41 Å². The maximum Gasteiger partial charge on any atom is 0.0954 e. The molecular weight excluding hydrogens is 136 g/mol. The van der Waals surface area contributed by atoms with E-state index in [1.54, 1.807) is 0 Å². The molecule has 0 amide bonds. The summed E-state index contributed by atoms with van der Waals surface area (Å²) in [6.07, 6.45) is 3.42. The summed E-state index contributed by atoms with van der Waals surface area (Å²) in [6.45, 7) is 6.56. The molecule has 0 atom stereocenters. The molecule has 1 heterocycles. The van der Waals surface area contributed by atoms with Crippen molar-refractivity contribution >= 4 is 5.84 Å². The minimum Gasteiger partial charge on any atom is -0.361 e. The van der Waals surface area contributed by atoms with Crippen LogP contribution in [0.4, 0.5) is 0 Å². The minimum atomic E-state index is 0.817. The van der Waals surface area contributed by atoms with Gasteiger partial charge in [-0.25, -0.2) is 0 Å². The molecule has 0 bridgehead atoms. The quantitative estimate of drug-likeness (QED) is 0.454. The van der Waals surface area contributed by atoms with Crippen LogP contribution in [0, 0.1) is 11.3 Å². The zero-order chi connectivity index (χ0) is 8.27. The van der Waals surface area contributed by atoms with Crippen molar-refractivity contribution in [3.8, 4) is 0 Å². The number of hydrogen-bond acceptors (Lipinski definition) is 1. The first-order chi connectivity index (χ1) is 5.24. The van der Waals surface area contributed by atoms with Gasteiger partial charge in [0.15, 0.2) is 0 Å². The largest absolute Gasteiger partial charge is 0.361 e. The summed E-state index contributed by atoms with van der Waals surface area (Å²) < 4.78 is 0. The topological polar surface area (TPSA) is 27.1 Å². The van der Waals surface area contributed by atoms with Crippen molar-refractivity contribution in [1.29, 1.82) is 5.41 Å². The van der Waals surface area contributed by atoms with Crippen molar-refractivity contribution < 1.29 is 0 Å². The zero-order valence-electron chi connectivity index (χ0n) is 7.56. The normalized spacial score (nSPS) is 20.4. The van der Waals surface area contributed by atoms with Gasteiger partial charge in [-0.05, 0) is 18.8 Å². The van der Waals surface area contributed by atoms with Gasteiger partial charge in [-0.1, -0.05) is 13.8 Å². The van der Waals surface area contributed by atoms with Crippen LogP contribution < -0.4 is 0 Å². The van der Waals surface area contributed by atoms with E-state index in [0.717, 1.165) is 31.3 Å². The van der Waals surface area contributed by atoms with E-state index in [1.165, 1.54) is 12.8 Å². The van der Waals surface area contributed by atoms with E-state index in [9.17, 15) is 0 Å². The Balaban J connectivity index is 2.33. The fraction of sp³-hybridized carbons (Fsp3) is 0.889. The molecule has 64 valence electrons. The third kappa shape index (κ3) is 2.21. The van der Waals surface area contributed by atoms with E-state index in [4.69, 9.17) is 5.41 Å². The van der Waals surface area contributed by atoms with Crippen molar-refractivity contribution in [2.45, 2.75) is 33.1 Å². The molecule has 2 heteroatoms. The first-order valence-electron chi connectivity index (χ1n) is 4.56. The van der Waals surface area contributed by atoms with Gasteiger partial charge in [-0.15, -0.1) is 0 Å². The number of piperidine rings is 1. The number of rotatable bonds is 1. The summed E-state index contributed by atoms with van der Waals surface area (Å²) in [5, 5.41) is 7.62. The van der Waals surface area contributed by atoms with Gasteiger partial charge in [0.1, 0.15) is 0 Å². The van der Waals surface area contributed by atoms with Crippen molar-refractivity contribution in [1.82, 2.24) is 4.90 Å². The Bertz CT molecular complexity index is 134. The molecule has 1 rings (SSSR count). The fourth-order valence-corrected chi connectivity index (χ4v) is 1.50. The molecule has 1 aliphatic heterocycles. The van der Waals surface area contributed by atoms with E-state index < -0.39 is 0 Å². The number of amidine groups is 1. The van der Waals surface area contributed by atoms with Gasteiger partial charge in [0.2, 0.25) is 0 Å². The Morgan fingerprint density at radius 2 is 2.00 bits per heavy atom. The number of nitrogens with one attached hydrogen (secondary N) is 1. The first-order valence-corrected chi connectivity index (χ1v) is 4.56. The molecule has 0 aromatic carbocycles. The van der Waals surface area contributed by atoms with Crippen LogP contribution in [0.5, 0.6) is 0 Å². The molecule has 0 aromatic rings. The Morgan fingerprint density at radius 3 is 2.45 bits per heavy atom. The van der Waals surface area contributed by atoms with Crippen molar-refractivity contribution in [2.75, 3.05) is 13.1 Å². The summed E-state index contributed by atoms with van der Waals surface area (Å²) in [5.41, 5.74) is 0. The summed E-state index contributed by atoms with van der Waals surface area (Å²) in [6, 6.07) is 0. The summed E-state index contributed by atoms with van der Waals surface area (Å²) in [7, 11) is 0. The van der Waals surface area contributed by atoms with Gasteiger partial charge >= 0.3 is 0 Å². The second-order valence-electron chi connectivity index (χ2n) is 3.47. The highest BCUT2D eigenvalue weighted by molar-refractivity contribution is 5.78. The van der Waals surface area contributed by atoms with Crippen LogP contribution in [0.2, 0.25) is 0 Å². The van der Waals surface area contributed by atoms with Crippen LogP contribution in [0.1, 0.15) is 33.1 Å². The Hall–Kier alpha value is -0.530. The van der Waals surface area contributed by atoms with Gasteiger partial charge in [0.05, 0.1) is 5.84 Å². The standard InChI is InChI=1S/C9H18N2/c1-3-9(10)11-6-4-8(2)5-7-11/h8,10H,3-7H2,1-2H3. The number of nitrogens with zero attached hydrogens (tertiary/aromatic N) is 1. The molecule has 1 saturated heterocycles. The lowest BCUT2D eigenvalue weighted by Gasteiger charge is -2.31. The summed E-state index contributed by atoms with van der Waals surface area (Å²) >= 11 is 0. The lowest BCUT2D eigenvalue weighted by atomic mass is 9.99. The van der Waals surface area contributed by atoms with Gasteiger partial charge < -0.3 is 4.90 Å². The van der Waals surface area contributed by atoms with Gasteiger partial charge in [0, 0.05) is 19.5 Å². The molecule has 0 radical (unpaired) electrons. The molecule has 2 nitrogen and oxygen atoms in total. The smallest absolute Gasteiger partial charge is 0.0954 e. The number of likely N-dealkylation sites (tertiary alicyclic amines) is 1. The van der Waals surface area contributed by atoms with Gasteiger partial charge in [-0.2, -0.15) is 0 Å². The molecule has 0 spiro atoms. The summed E-state index contributed by atoms with van der Waals surface area (Å²) in [5.74, 6) is 1.69. The molecule has 1 fully saturated rings. The third-order valence-electron chi connectivity index (χ3n) is 2.50. The molecule has 1 N–H and O–H groups in total. The predicted molar refractivity (Wildman–Crippen MR) is 48.0 cm³/mol. The van der Waals surface area contributed by atoms with E-state index >= 15 is 0 Å². The van der Waals surface area contributed by atoms with Crippen LogP contribution in [0.25, 0.3) is 0 Å². The second-order valence-corrected chi connectivity index (χ2v) is 3.47. The van der Waals surface area contributed by atoms with Crippen molar-refractivity contribution in [2.24, 2.45) is 5.92 Å². The van der Waals surface area contributed by atoms with E-state index in [1.807, 2.05) is 0 Å². The van der Waals surface area contributed by atoms with E-state index in [-0.39, 0.29) is 0 Å². The highest BCUT2D eigenvalue weighted by Gasteiger charge is 2.16. The first kappa shape index (κ1) is 8.57. The Kier molecular flexibility index (Phi) is 2.92. The van der Waals surface area contributed by atoms with Gasteiger partial charge in [0.25, 0.3) is 0 Å². The monoisotopic (exact) mass is 154 g/mol. The lowest BCUT2D eigenvalue weighted by molar-refractivity contribution is 0.276. The maximum atomic E-state index is 7.62. The third-order valence-corrected chi connectivity index (χ3v) is 2.50. The highest BCUT2D eigenvalue weighted by Crippen LogP contribution is 2.16. The highest BCUT2D eigenvalue weighted by atomic mass is 15.2. The Labute approximate surface area is 69.1 Å². The van der Waals surface area contributed by atoms with E-state index in [0.29, 0.717) is 0 Å². The average molecular weight is 154 g/mol. The fourth-order valence-electron chi connectivity index (χ4n) is 1.50. The number of hydrogen-bond donors (Lipinski definition) is 1. The van der Waals surface area contributed by atoms with Crippen molar-refractivity contribution in [3.05, 3.63) is 0 Å². The van der Waals surface area contributed by atoms with Crippen LogP contribution in [-0.2, 0) is 0 Å². The maximum absolute atomic E-state index is 7.62. The van der Waals surface area contributed by atoms with E-state index in [2.05, 4.69) is 18.7 Å². The SMILES string of the molecule is CCC(=N)N1CCC(C)CC1. The van der Waals surface area contributed by atoms with Crippen LogP contribution in [0.15, 0.2) is 0 Å². The molecule has 0 saturated carbocycles. The second kappa shape index (κ2) is 3.74. The Morgan fingerprint density at radius 1 is 1.45 bits per heavy atom. The molecule has 0 aliphatic carbocycles. The molecule has 0 unspecified atom stereocenters. The predicted octanol–water partition coefficient (Wildman–Crippen LogP) is 2.11. The molecule has 1 aliphatic rings. The zero-order valence-corrected chi connectivity index (χ0v) is 7.56. The molecule has 11 heavy (non-hydrogen) atoms. The lowest BCUT2D eigenvalue weighted by Crippen LogP contribution is -2.37. The molecular formula is C9H18N2. The van der Waals surface area contributed by atoms with Crippen LogP contribution >= 0.6 is 0 Å². The van der Waals surface area contributed by atoms with Crippen LogP contribution in [-0.4, -0.2) is 23.8 Å².